The number of hydrogen-bond donors (Lipinski definition) is 1. The van der Waals surface area contributed by atoms with Gasteiger partial charge in [-0.2, -0.15) is 5.10 Å². The van der Waals surface area contributed by atoms with Crippen LogP contribution in [0.3, 0.4) is 0 Å². The molecule has 0 fully saturated rings. The van der Waals surface area contributed by atoms with E-state index in [0.29, 0.717) is 23.9 Å². The maximum Gasteiger partial charge on any atom is 0.322 e. The molecule has 1 atom stereocenters. The van der Waals surface area contributed by atoms with Gasteiger partial charge in [0.15, 0.2) is 0 Å². The van der Waals surface area contributed by atoms with Crippen LogP contribution in [0.5, 0.6) is 5.75 Å². The van der Waals surface area contributed by atoms with Gasteiger partial charge in [0, 0.05) is 22.5 Å². The third-order valence-corrected chi connectivity index (χ3v) is 7.16. The van der Waals surface area contributed by atoms with Crippen LogP contribution in [0.1, 0.15) is 35.5 Å². The van der Waals surface area contributed by atoms with Gasteiger partial charge in [-0.05, 0) is 80.1 Å². The molecule has 1 aliphatic rings. The Morgan fingerprint density at radius 3 is 2.56 bits per heavy atom. The predicted octanol–water partition coefficient (Wildman–Crippen LogP) is 7.16. The summed E-state index contributed by atoms with van der Waals surface area (Å²) >= 11 is 6.45. The fourth-order valence-corrected chi connectivity index (χ4v) is 5.37. The minimum Gasteiger partial charge on any atom is -0.494 e. The van der Waals surface area contributed by atoms with Crippen molar-refractivity contribution in [3.8, 4) is 17.3 Å². The number of ether oxygens (including phenoxy) is 1. The number of urea groups is 1. The second kappa shape index (κ2) is 10.3. The number of anilines is 1. The van der Waals surface area contributed by atoms with Crippen molar-refractivity contribution in [1.82, 2.24) is 19.2 Å². The first-order chi connectivity index (χ1) is 19.0. The van der Waals surface area contributed by atoms with E-state index in [-0.39, 0.29) is 6.03 Å². The lowest BCUT2D eigenvalue weighted by Crippen LogP contribution is -2.38. The van der Waals surface area contributed by atoms with Crippen molar-refractivity contribution in [3.63, 3.8) is 0 Å². The average molecular weight is 538 g/mol. The Hall–Kier alpha value is -4.49. The zero-order valence-corrected chi connectivity index (χ0v) is 22.5. The molecular formula is C31H28ClN5O2. The van der Waals surface area contributed by atoms with Crippen molar-refractivity contribution in [2.75, 3.05) is 11.9 Å². The number of rotatable bonds is 5. The van der Waals surface area contributed by atoms with Crippen molar-refractivity contribution < 1.29 is 9.53 Å². The van der Waals surface area contributed by atoms with Crippen LogP contribution in [0.2, 0.25) is 5.02 Å². The topological polar surface area (TPSA) is 64.3 Å². The number of para-hydroxylation sites is 1. The Morgan fingerprint density at radius 2 is 1.82 bits per heavy atom. The highest BCUT2D eigenvalue weighted by molar-refractivity contribution is 6.30. The number of aromatic nitrogens is 3. The van der Waals surface area contributed by atoms with Gasteiger partial charge in [-0.3, -0.25) is 0 Å². The molecule has 0 aliphatic carbocycles. The molecule has 3 aromatic carbocycles. The number of fused-ring (bicyclic) bond motifs is 3. The molecule has 0 radical (unpaired) electrons. The van der Waals surface area contributed by atoms with Gasteiger partial charge >= 0.3 is 6.03 Å². The van der Waals surface area contributed by atoms with Gasteiger partial charge in [-0.25, -0.2) is 9.48 Å². The normalized spacial score (nSPS) is 14.3. The number of nitrogens with one attached hydrogen (secondary N) is 1. The molecule has 8 heteroatoms. The minimum atomic E-state index is -0.391. The third-order valence-electron chi connectivity index (χ3n) is 6.93. The van der Waals surface area contributed by atoms with Crippen molar-refractivity contribution in [2.45, 2.75) is 26.4 Å². The van der Waals surface area contributed by atoms with E-state index in [1.54, 1.807) is 0 Å². The summed E-state index contributed by atoms with van der Waals surface area (Å²) in [7, 11) is 0. The van der Waals surface area contributed by atoms with E-state index in [1.165, 1.54) is 0 Å². The van der Waals surface area contributed by atoms with Crippen LogP contribution in [-0.2, 0) is 6.54 Å². The molecule has 196 valence electrons. The standard InChI is InChI=1S/C31H28ClN5O2/c1-3-39-26-16-14-24(15-17-26)33-31(38)36-20-27-21(2)34-37(25-11-5-4-6-12-25)30(27)35-18-8-13-28(35)29(36)22-9-7-10-23(32)19-22/h4-19,29H,3,20H2,1-2H3,(H,33,38)/t29-/m0/s1. The molecule has 1 N–H and O–H groups in total. The Kier molecular flexibility index (Phi) is 6.59. The second-order valence-corrected chi connectivity index (χ2v) is 9.85. The molecule has 39 heavy (non-hydrogen) atoms. The maximum absolute atomic E-state index is 14.0. The highest BCUT2D eigenvalue weighted by Crippen LogP contribution is 2.39. The summed E-state index contributed by atoms with van der Waals surface area (Å²) in [5.74, 6) is 1.68. The van der Waals surface area contributed by atoms with Gasteiger partial charge in [0.1, 0.15) is 11.6 Å². The van der Waals surface area contributed by atoms with E-state index in [1.807, 2.05) is 115 Å². The largest absolute Gasteiger partial charge is 0.494 e. The quantitative estimate of drug-likeness (QED) is 0.259. The van der Waals surface area contributed by atoms with Gasteiger partial charge < -0.3 is 19.5 Å². The summed E-state index contributed by atoms with van der Waals surface area (Å²) in [6.07, 6.45) is 2.03. The van der Waals surface area contributed by atoms with Crippen LogP contribution in [0.4, 0.5) is 10.5 Å². The monoisotopic (exact) mass is 537 g/mol. The van der Waals surface area contributed by atoms with E-state index in [2.05, 4.69) is 16.0 Å². The van der Waals surface area contributed by atoms with Crippen LogP contribution in [-0.4, -0.2) is 31.9 Å². The first-order valence-corrected chi connectivity index (χ1v) is 13.3. The van der Waals surface area contributed by atoms with Crippen LogP contribution >= 0.6 is 11.6 Å². The van der Waals surface area contributed by atoms with Crippen molar-refractivity contribution in [3.05, 3.63) is 125 Å². The summed E-state index contributed by atoms with van der Waals surface area (Å²) in [6.45, 7) is 4.87. The van der Waals surface area contributed by atoms with Gasteiger partial charge in [-0.15, -0.1) is 0 Å². The van der Waals surface area contributed by atoms with E-state index < -0.39 is 6.04 Å². The lowest BCUT2D eigenvalue weighted by Gasteiger charge is -2.31. The fraction of sp³-hybridized carbons (Fsp3) is 0.161. The van der Waals surface area contributed by atoms with Crippen LogP contribution in [0.25, 0.3) is 11.5 Å². The first kappa shape index (κ1) is 24.8. The molecule has 2 amide bonds. The lowest BCUT2D eigenvalue weighted by atomic mass is 10.0. The van der Waals surface area contributed by atoms with E-state index in [9.17, 15) is 4.79 Å². The van der Waals surface area contributed by atoms with Crippen LogP contribution < -0.4 is 10.1 Å². The van der Waals surface area contributed by atoms with E-state index >= 15 is 0 Å². The number of halogens is 1. The van der Waals surface area contributed by atoms with E-state index in [0.717, 1.165) is 39.8 Å². The molecule has 1 aliphatic heterocycles. The van der Waals surface area contributed by atoms with Gasteiger partial charge in [0.2, 0.25) is 0 Å². The van der Waals surface area contributed by atoms with E-state index in [4.69, 9.17) is 21.4 Å². The molecule has 0 bridgehead atoms. The number of hydrogen-bond acceptors (Lipinski definition) is 3. The maximum atomic E-state index is 14.0. The Labute approximate surface area is 232 Å². The Balaban J connectivity index is 1.48. The number of amides is 2. The Bertz CT molecular complexity index is 1620. The van der Waals surface area contributed by atoms with Crippen LogP contribution in [0.15, 0.2) is 97.2 Å². The van der Waals surface area contributed by atoms with Crippen molar-refractivity contribution in [2.24, 2.45) is 0 Å². The fourth-order valence-electron chi connectivity index (χ4n) is 5.17. The number of carbonyl (C=O) groups excluding carboxylic acids is 1. The van der Waals surface area contributed by atoms with Gasteiger partial charge in [-0.1, -0.05) is 41.9 Å². The number of carbonyl (C=O) groups is 1. The summed E-state index contributed by atoms with van der Waals surface area (Å²) in [5, 5.41) is 8.62. The van der Waals surface area contributed by atoms with Crippen molar-refractivity contribution >= 4 is 23.3 Å². The molecule has 6 rings (SSSR count). The smallest absolute Gasteiger partial charge is 0.322 e. The summed E-state index contributed by atoms with van der Waals surface area (Å²) in [5.41, 5.74) is 5.33. The SMILES string of the molecule is CCOc1ccc(NC(=O)N2Cc3c(C)nn(-c4ccccc4)c3-n3cccc3[C@@H]2c2cccc(Cl)c2)cc1. The minimum absolute atomic E-state index is 0.225. The first-order valence-electron chi connectivity index (χ1n) is 12.9. The zero-order chi connectivity index (χ0) is 26.9. The zero-order valence-electron chi connectivity index (χ0n) is 21.7. The average Bonchev–Trinajstić information content (AvgIpc) is 3.50. The molecule has 3 heterocycles. The molecule has 0 saturated heterocycles. The Morgan fingerprint density at radius 1 is 1.03 bits per heavy atom. The highest BCUT2D eigenvalue weighted by Gasteiger charge is 2.36. The summed E-state index contributed by atoms with van der Waals surface area (Å²) < 4.78 is 9.65. The van der Waals surface area contributed by atoms with Crippen molar-refractivity contribution in [1.29, 1.82) is 0 Å². The predicted molar refractivity (Wildman–Crippen MR) is 153 cm³/mol. The second-order valence-electron chi connectivity index (χ2n) is 9.41. The van der Waals surface area contributed by atoms with Gasteiger partial charge in [0.05, 0.1) is 36.3 Å². The molecular weight excluding hydrogens is 510 g/mol. The number of benzene rings is 3. The number of nitrogens with zero attached hydrogens (tertiary/aromatic N) is 4. The molecule has 7 nitrogen and oxygen atoms in total. The summed E-state index contributed by atoms with van der Waals surface area (Å²) in [4.78, 5) is 15.9. The molecule has 0 spiro atoms. The third kappa shape index (κ3) is 4.66. The highest BCUT2D eigenvalue weighted by atomic mass is 35.5. The molecule has 2 aromatic heterocycles. The van der Waals surface area contributed by atoms with Crippen LogP contribution in [0, 0.1) is 6.92 Å². The van der Waals surface area contributed by atoms with Gasteiger partial charge in [0.25, 0.3) is 0 Å². The molecule has 0 saturated carbocycles. The summed E-state index contributed by atoms with van der Waals surface area (Å²) in [6, 6.07) is 28.6. The molecule has 5 aromatic rings. The molecule has 0 unspecified atom stereocenters. The number of aryl methyl sites for hydroxylation is 1. The lowest BCUT2D eigenvalue weighted by molar-refractivity contribution is 0.194.